The Morgan fingerprint density at radius 2 is 2.29 bits per heavy atom. The Labute approximate surface area is 143 Å². The summed E-state index contributed by atoms with van der Waals surface area (Å²) in [6.45, 7) is 5.78. The van der Waals surface area contributed by atoms with E-state index in [0.29, 0.717) is 12.5 Å². The maximum atomic E-state index is 9.56. The van der Waals surface area contributed by atoms with Crippen molar-refractivity contribution in [3.8, 4) is 5.75 Å². The van der Waals surface area contributed by atoms with Gasteiger partial charge in [0.1, 0.15) is 5.75 Å². The number of H-pyrrole nitrogens is 1. The molecule has 1 aromatic carbocycles. The average molecular weight is 329 g/mol. The van der Waals surface area contributed by atoms with E-state index in [1.54, 1.807) is 0 Å². The highest BCUT2D eigenvalue weighted by Gasteiger charge is 2.21. The van der Waals surface area contributed by atoms with Crippen LogP contribution < -0.4 is 4.74 Å². The molecule has 3 rings (SSSR count). The fourth-order valence-corrected chi connectivity index (χ4v) is 3.58. The molecule has 0 bridgehead atoms. The number of ether oxygens (including phenoxy) is 1. The molecule has 1 aliphatic rings. The molecule has 5 nitrogen and oxygen atoms in total. The summed E-state index contributed by atoms with van der Waals surface area (Å²) in [7, 11) is 0. The molecule has 1 aliphatic heterocycles. The summed E-state index contributed by atoms with van der Waals surface area (Å²) in [5.74, 6) is 1.47. The number of nitrogens with zero attached hydrogens (tertiary/aromatic N) is 2. The van der Waals surface area contributed by atoms with Crippen LogP contribution in [0.15, 0.2) is 30.5 Å². The van der Waals surface area contributed by atoms with Crippen LogP contribution in [0, 0.1) is 5.92 Å². The number of likely N-dealkylation sites (tertiary alicyclic amines) is 1. The monoisotopic (exact) mass is 329 g/mol. The molecule has 1 atom stereocenters. The lowest BCUT2D eigenvalue weighted by molar-refractivity contribution is 0.166. The molecule has 0 amide bonds. The largest absolute Gasteiger partial charge is 0.494 e. The van der Waals surface area contributed by atoms with E-state index in [0.717, 1.165) is 37.4 Å². The summed E-state index contributed by atoms with van der Waals surface area (Å²) < 4.78 is 5.57. The third kappa shape index (κ3) is 4.36. The molecule has 2 aromatic rings. The van der Waals surface area contributed by atoms with Gasteiger partial charge in [0, 0.05) is 30.5 Å². The van der Waals surface area contributed by atoms with Gasteiger partial charge < -0.3 is 9.84 Å². The number of hydrogen-bond donors (Lipinski definition) is 2. The van der Waals surface area contributed by atoms with Crippen molar-refractivity contribution in [1.29, 1.82) is 0 Å². The zero-order valence-electron chi connectivity index (χ0n) is 14.4. The van der Waals surface area contributed by atoms with Gasteiger partial charge in [-0.3, -0.25) is 10.00 Å². The van der Waals surface area contributed by atoms with Gasteiger partial charge in [-0.2, -0.15) is 5.10 Å². The zero-order chi connectivity index (χ0) is 16.8. The molecule has 1 aromatic heterocycles. The van der Waals surface area contributed by atoms with Crippen molar-refractivity contribution in [2.45, 2.75) is 39.3 Å². The lowest BCUT2D eigenvalue weighted by Crippen LogP contribution is -2.35. The van der Waals surface area contributed by atoms with E-state index in [4.69, 9.17) is 4.74 Å². The van der Waals surface area contributed by atoms with Crippen LogP contribution in [0.3, 0.4) is 0 Å². The van der Waals surface area contributed by atoms with Crippen molar-refractivity contribution < 1.29 is 9.84 Å². The van der Waals surface area contributed by atoms with Crippen molar-refractivity contribution in [1.82, 2.24) is 15.1 Å². The molecule has 1 fully saturated rings. The van der Waals surface area contributed by atoms with Crippen LogP contribution in [-0.2, 0) is 19.6 Å². The second kappa shape index (κ2) is 8.31. The van der Waals surface area contributed by atoms with Crippen molar-refractivity contribution in [3.63, 3.8) is 0 Å². The van der Waals surface area contributed by atoms with Crippen LogP contribution in [0.2, 0.25) is 0 Å². The Kier molecular flexibility index (Phi) is 5.88. The molecule has 24 heavy (non-hydrogen) atoms. The van der Waals surface area contributed by atoms with E-state index in [2.05, 4.69) is 33.3 Å². The summed E-state index contributed by atoms with van der Waals surface area (Å²) in [4.78, 5) is 2.52. The first-order valence-electron chi connectivity index (χ1n) is 8.84. The fraction of sp³-hybridized carbons (Fsp3) is 0.526. The number of piperidine rings is 1. The maximum Gasteiger partial charge on any atom is 0.124 e. The SMILES string of the molecule is CCOc1ccc(CN2CCCC(Cc3ccn[nH]3)C2)cc1CO. The molecule has 0 saturated carbocycles. The highest BCUT2D eigenvalue weighted by molar-refractivity contribution is 5.37. The van der Waals surface area contributed by atoms with E-state index < -0.39 is 0 Å². The van der Waals surface area contributed by atoms with Gasteiger partial charge in [-0.15, -0.1) is 0 Å². The Bertz CT molecular complexity index is 628. The number of nitrogens with one attached hydrogen (secondary N) is 1. The van der Waals surface area contributed by atoms with Crippen LogP contribution in [0.5, 0.6) is 5.75 Å². The normalized spacial score (nSPS) is 18.7. The summed E-state index contributed by atoms with van der Waals surface area (Å²) in [6.07, 6.45) is 5.41. The number of rotatable bonds is 7. The minimum absolute atomic E-state index is 0.0195. The van der Waals surface area contributed by atoms with Crippen LogP contribution >= 0.6 is 0 Å². The molecule has 1 saturated heterocycles. The third-order valence-corrected chi connectivity index (χ3v) is 4.67. The molecule has 130 valence electrons. The third-order valence-electron chi connectivity index (χ3n) is 4.67. The highest BCUT2D eigenvalue weighted by Crippen LogP contribution is 2.24. The second-order valence-electron chi connectivity index (χ2n) is 6.56. The Morgan fingerprint density at radius 1 is 1.38 bits per heavy atom. The first-order chi connectivity index (χ1) is 11.8. The van der Waals surface area contributed by atoms with Crippen LogP contribution in [-0.4, -0.2) is 39.9 Å². The molecule has 5 heteroatoms. The molecule has 2 N–H and O–H groups in total. The topological polar surface area (TPSA) is 61.4 Å². The van der Waals surface area contributed by atoms with Gasteiger partial charge in [-0.1, -0.05) is 6.07 Å². The quantitative estimate of drug-likeness (QED) is 0.820. The van der Waals surface area contributed by atoms with Gasteiger partial charge in [-0.05, 0) is 62.4 Å². The molecule has 0 spiro atoms. The number of hydrogen-bond acceptors (Lipinski definition) is 4. The summed E-state index contributed by atoms with van der Waals surface area (Å²) in [5, 5.41) is 16.7. The van der Waals surface area contributed by atoms with E-state index >= 15 is 0 Å². The predicted molar refractivity (Wildman–Crippen MR) is 93.8 cm³/mol. The second-order valence-corrected chi connectivity index (χ2v) is 6.56. The van der Waals surface area contributed by atoms with E-state index in [1.807, 2.05) is 19.2 Å². The standard InChI is InChI=1S/C19H27N3O2/c1-2-24-19-6-5-16(10-17(19)14-23)13-22-9-3-4-15(12-22)11-18-7-8-20-21-18/h5-8,10,15,23H,2-4,9,11-14H2,1H3,(H,20,21). The molecular weight excluding hydrogens is 302 g/mol. The number of benzene rings is 1. The number of aliphatic hydroxyl groups is 1. The van der Waals surface area contributed by atoms with Crippen molar-refractivity contribution >= 4 is 0 Å². The summed E-state index contributed by atoms with van der Waals surface area (Å²) >= 11 is 0. The van der Waals surface area contributed by atoms with Crippen molar-refractivity contribution in [2.24, 2.45) is 5.92 Å². The average Bonchev–Trinajstić information content (AvgIpc) is 3.10. The smallest absolute Gasteiger partial charge is 0.124 e. The van der Waals surface area contributed by atoms with Crippen molar-refractivity contribution in [2.75, 3.05) is 19.7 Å². The predicted octanol–water partition coefficient (Wildman–Crippen LogP) is 2.76. The lowest BCUT2D eigenvalue weighted by Gasteiger charge is -2.32. The Morgan fingerprint density at radius 3 is 3.04 bits per heavy atom. The van der Waals surface area contributed by atoms with Crippen LogP contribution in [0.25, 0.3) is 0 Å². The summed E-state index contributed by atoms with van der Waals surface area (Å²) in [5.41, 5.74) is 3.34. The minimum atomic E-state index is 0.0195. The Balaban J connectivity index is 1.60. The van der Waals surface area contributed by atoms with E-state index in [1.165, 1.54) is 24.1 Å². The number of aromatic amines is 1. The van der Waals surface area contributed by atoms with Gasteiger partial charge in [0.05, 0.1) is 13.2 Å². The number of aromatic nitrogens is 2. The maximum absolute atomic E-state index is 9.56. The molecule has 1 unspecified atom stereocenters. The Hall–Kier alpha value is -1.85. The van der Waals surface area contributed by atoms with Gasteiger partial charge >= 0.3 is 0 Å². The molecule has 0 radical (unpaired) electrons. The van der Waals surface area contributed by atoms with Crippen LogP contribution in [0.1, 0.15) is 36.6 Å². The summed E-state index contributed by atoms with van der Waals surface area (Å²) in [6, 6.07) is 8.24. The first kappa shape index (κ1) is 17.0. The highest BCUT2D eigenvalue weighted by atomic mass is 16.5. The minimum Gasteiger partial charge on any atom is -0.494 e. The van der Waals surface area contributed by atoms with Gasteiger partial charge in [-0.25, -0.2) is 0 Å². The van der Waals surface area contributed by atoms with E-state index in [-0.39, 0.29) is 6.61 Å². The van der Waals surface area contributed by atoms with Gasteiger partial charge in [0.15, 0.2) is 0 Å². The zero-order valence-corrected chi connectivity index (χ0v) is 14.4. The lowest BCUT2D eigenvalue weighted by atomic mass is 9.93. The van der Waals surface area contributed by atoms with Crippen LogP contribution in [0.4, 0.5) is 0 Å². The molecule has 2 heterocycles. The first-order valence-corrected chi connectivity index (χ1v) is 8.84. The van der Waals surface area contributed by atoms with E-state index in [9.17, 15) is 5.11 Å². The molecule has 0 aliphatic carbocycles. The van der Waals surface area contributed by atoms with Gasteiger partial charge in [0.25, 0.3) is 0 Å². The number of aliphatic hydroxyl groups excluding tert-OH is 1. The van der Waals surface area contributed by atoms with Crippen molar-refractivity contribution in [3.05, 3.63) is 47.3 Å². The van der Waals surface area contributed by atoms with Gasteiger partial charge in [0.2, 0.25) is 0 Å². The molecular formula is C19H27N3O2. The fourth-order valence-electron chi connectivity index (χ4n) is 3.58.